The monoisotopic (exact) mass is 212 g/mol. The van der Waals surface area contributed by atoms with Crippen molar-refractivity contribution >= 4 is 11.9 Å². The second-order valence-corrected chi connectivity index (χ2v) is 3.97. The van der Waals surface area contributed by atoms with Crippen LogP contribution in [0.3, 0.4) is 0 Å². The van der Waals surface area contributed by atoms with Crippen molar-refractivity contribution in [2.45, 2.75) is 31.3 Å². The van der Waals surface area contributed by atoms with Crippen molar-refractivity contribution in [3.8, 4) is 0 Å². The van der Waals surface area contributed by atoms with Gasteiger partial charge in [0.2, 0.25) is 0 Å². The number of hydrogen-bond donors (Lipinski definition) is 1. The molecule has 0 aromatic carbocycles. The van der Waals surface area contributed by atoms with Crippen LogP contribution in [0.4, 0.5) is 0 Å². The summed E-state index contributed by atoms with van der Waals surface area (Å²) in [4.78, 5) is 16.8. The van der Waals surface area contributed by atoms with Gasteiger partial charge in [0.25, 0.3) is 11.9 Å². The van der Waals surface area contributed by atoms with Crippen LogP contribution in [0.15, 0.2) is 4.99 Å². The molecule has 0 aromatic heterocycles. The van der Waals surface area contributed by atoms with Gasteiger partial charge in [0.15, 0.2) is 0 Å². The lowest BCUT2D eigenvalue weighted by molar-refractivity contribution is -0.119. The second-order valence-electron chi connectivity index (χ2n) is 3.97. The maximum Gasteiger partial charge on any atom is 0.297 e. The third kappa shape index (κ3) is 1.40. The summed E-state index contributed by atoms with van der Waals surface area (Å²) in [5.41, 5.74) is 0. The molecule has 3 aliphatic heterocycles. The molecule has 1 N–H and O–H groups in total. The van der Waals surface area contributed by atoms with Crippen molar-refractivity contribution in [1.82, 2.24) is 4.90 Å². The number of amides is 1. The van der Waals surface area contributed by atoms with E-state index in [4.69, 9.17) is 9.47 Å². The Kier molecular flexibility index (Phi) is 1.93. The summed E-state index contributed by atoms with van der Waals surface area (Å²) in [5, 5.41) is 9.63. The second kappa shape index (κ2) is 3.18. The Balaban J connectivity index is 1.89. The largest absolute Gasteiger partial charge is 0.462 e. The van der Waals surface area contributed by atoms with Gasteiger partial charge in [-0.2, -0.15) is 4.99 Å². The number of aliphatic imine (C=N–C) groups is 1. The molecule has 15 heavy (non-hydrogen) atoms. The van der Waals surface area contributed by atoms with Crippen molar-refractivity contribution in [1.29, 1.82) is 0 Å². The number of ether oxygens (including phenoxy) is 2. The zero-order valence-electron chi connectivity index (χ0n) is 8.13. The molecule has 6 heteroatoms. The molecule has 3 aliphatic rings. The van der Waals surface area contributed by atoms with Gasteiger partial charge in [0, 0.05) is 19.4 Å². The maximum atomic E-state index is 11.1. The van der Waals surface area contributed by atoms with Crippen LogP contribution in [0, 0.1) is 0 Å². The number of fused-ring (bicyclic) bond motifs is 4. The van der Waals surface area contributed by atoms with E-state index < -0.39 is 6.10 Å². The number of rotatable bonds is 0. The van der Waals surface area contributed by atoms with Gasteiger partial charge >= 0.3 is 0 Å². The van der Waals surface area contributed by atoms with Gasteiger partial charge in [-0.3, -0.25) is 9.69 Å². The number of aliphatic hydroxyl groups is 1. The Morgan fingerprint density at radius 1 is 1.53 bits per heavy atom. The van der Waals surface area contributed by atoms with Crippen LogP contribution in [0.5, 0.6) is 0 Å². The number of carbonyl (C=O) groups is 1. The first kappa shape index (κ1) is 9.11. The summed E-state index contributed by atoms with van der Waals surface area (Å²) < 4.78 is 10.9. The van der Waals surface area contributed by atoms with Gasteiger partial charge in [0.05, 0.1) is 6.10 Å². The van der Waals surface area contributed by atoms with Crippen LogP contribution in [0.25, 0.3) is 0 Å². The molecule has 0 radical (unpaired) electrons. The first-order valence-corrected chi connectivity index (χ1v) is 5.08. The summed E-state index contributed by atoms with van der Waals surface area (Å²) >= 11 is 0. The third-order valence-corrected chi connectivity index (χ3v) is 2.96. The van der Waals surface area contributed by atoms with E-state index in [2.05, 4.69) is 4.99 Å². The van der Waals surface area contributed by atoms with Gasteiger partial charge in [-0.1, -0.05) is 0 Å². The highest BCUT2D eigenvalue weighted by Gasteiger charge is 2.43. The third-order valence-electron chi connectivity index (χ3n) is 2.96. The zero-order valence-corrected chi connectivity index (χ0v) is 8.13. The number of amidine groups is 1. The number of hydrogen-bond acceptors (Lipinski definition) is 5. The molecular formula is C9H12N2O4. The minimum Gasteiger partial charge on any atom is -0.462 e. The summed E-state index contributed by atoms with van der Waals surface area (Å²) in [6.45, 7) is 0.821. The average Bonchev–Trinajstić information content (AvgIpc) is 2.46. The van der Waals surface area contributed by atoms with E-state index in [0.29, 0.717) is 25.4 Å². The van der Waals surface area contributed by atoms with Crippen molar-refractivity contribution in [2.24, 2.45) is 4.99 Å². The van der Waals surface area contributed by atoms with E-state index >= 15 is 0 Å². The number of carbonyl (C=O) groups excluding carboxylic acids is 1. The Morgan fingerprint density at radius 2 is 2.40 bits per heavy atom. The first-order chi connectivity index (χ1) is 7.24. The predicted molar refractivity (Wildman–Crippen MR) is 49.0 cm³/mol. The van der Waals surface area contributed by atoms with Crippen molar-refractivity contribution in [3.63, 3.8) is 0 Å². The van der Waals surface area contributed by atoms with Crippen LogP contribution < -0.4 is 0 Å². The van der Waals surface area contributed by atoms with E-state index in [1.54, 1.807) is 0 Å². The minimum atomic E-state index is -0.478. The van der Waals surface area contributed by atoms with E-state index in [0.717, 1.165) is 0 Å². The standard InChI is InChI=1S/C9H12N2O4/c12-5-3-8-11-2-1-7(13)10-9(11)14-4-6(5)15-8/h5-6,8,12H,1-4H2/t5?,6-,8-/m1/s1. The van der Waals surface area contributed by atoms with Crippen LogP contribution in [-0.2, 0) is 14.3 Å². The lowest BCUT2D eigenvalue weighted by Crippen LogP contribution is -2.45. The molecule has 2 bridgehead atoms. The van der Waals surface area contributed by atoms with Crippen molar-refractivity contribution in [2.75, 3.05) is 13.2 Å². The fourth-order valence-corrected chi connectivity index (χ4v) is 2.14. The van der Waals surface area contributed by atoms with Crippen LogP contribution in [-0.4, -0.2) is 53.5 Å². The molecule has 82 valence electrons. The van der Waals surface area contributed by atoms with Gasteiger partial charge in [-0.05, 0) is 0 Å². The molecule has 1 unspecified atom stereocenters. The lowest BCUT2D eigenvalue weighted by Gasteiger charge is -2.30. The molecule has 0 aliphatic carbocycles. The van der Waals surface area contributed by atoms with Gasteiger partial charge < -0.3 is 14.6 Å². The SMILES string of the molecule is O=C1CCN2C(=N1)OC[C@H]1O[C@@H]2CC1O. The number of aliphatic hydroxyl groups excluding tert-OH is 1. The summed E-state index contributed by atoms with van der Waals surface area (Å²) in [7, 11) is 0. The van der Waals surface area contributed by atoms with Gasteiger partial charge in [-0.15, -0.1) is 0 Å². The Bertz CT molecular complexity index is 330. The quantitative estimate of drug-likeness (QED) is 0.562. The highest BCUT2D eigenvalue weighted by Crippen LogP contribution is 2.28. The van der Waals surface area contributed by atoms with E-state index in [9.17, 15) is 9.90 Å². The smallest absolute Gasteiger partial charge is 0.297 e. The van der Waals surface area contributed by atoms with Crippen LogP contribution in [0.1, 0.15) is 12.8 Å². The van der Waals surface area contributed by atoms with Gasteiger partial charge in [0.1, 0.15) is 18.9 Å². The summed E-state index contributed by atoms with van der Waals surface area (Å²) in [6, 6.07) is 0.352. The Morgan fingerprint density at radius 3 is 3.27 bits per heavy atom. The first-order valence-electron chi connectivity index (χ1n) is 5.08. The van der Waals surface area contributed by atoms with Crippen LogP contribution in [0.2, 0.25) is 0 Å². The highest BCUT2D eigenvalue weighted by molar-refractivity contribution is 5.93. The molecule has 2 fully saturated rings. The van der Waals surface area contributed by atoms with Crippen molar-refractivity contribution in [3.05, 3.63) is 0 Å². The molecule has 0 spiro atoms. The average molecular weight is 212 g/mol. The maximum absolute atomic E-state index is 11.1. The lowest BCUT2D eigenvalue weighted by atomic mass is 10.1. The molecule has 6 nitrogen and oxygen atoms in total. The normalized spacial score (nSPS) is 39.3. The predicted octanol–water partition coefficient (Wildman–Crippen LogP) is -0.919. The van der Waals surface area contributed by atoms with Gasteiger partial charge in [-0.25, -0.2) is 0 Å². The molecule has 1 amide bonds. The number of nitrogens with zero attached hydrogens (tertiary/aromatic N) is 2. The van der Waals surface area contributed by atoms with Crippen molar-refractivity contribution < 1.29 is 19.4 Å². The Labute approximate surface area is 86.5 Å². The topological polar surface area (TPSA) is 71.4 Å². The Hall–Kier alpha value is -1.14. The molecular weight excluding hydrogens is 200 g/mol. The summed E-state index contributed by atoms with van der Waals surface area (Å²) in [5.74, 6) is -0.153. The molecule has 3 atom stereocenters. The molecule has 2 saturated heterocycles. The molecule has 3 heterocycles. The minimum absolute atomic E-state index is 0.153. The molecule has 3 rings (SSSR count). The van der Waals surface area contributed by atoms with E-state index in [-0.39, 0.29) is 24.8 Å². The highest BCUT2D eigenvalue weighted by atomic mass is 16.6. The fraction of sp³-hybridized carbons (Fsp3) is 0.778. The van der Waals surface area contributed by atoms with Crippen LogP contribution >= 0.6 is 0 Å². The molecule has 0 aromatic rings. The van der Waals surface area contributed by atoms with E-state index in [1.165, 1.54) is 0 Å². The summed E-state index contributed by atoms with van der Waals surface area (Å²) in [6.07, 6.45) is -0.0266. The zero-order chi connectivity index (χ0) is 10.4. The molecule has 0 saturated carbocycles. The fourth-order valence-electron chi connectivity index (χ4n) is 2.14. The van der Waals surface area contributed by atoms with E-state index in [1.807, 2.05) is 4.90 Å².